The minimum atomic E-state index is -1.21. The number of carbonyl (C=O) groups is 2. The van der Waals surface area contributed by atoms with Gasteiger partial charge in [-0.25, -0.2) is 0 Å². The van der Waals surface area contributed by atoms with E-state index in [2.05, 4.69) is 17.9 Å². The van der Waals surface area contributed by atoms with Gasteiger partial charge in [0.15, 0.2) is 5.78 Å². The van der Waals surface area contributed by atoms with Gasteiger partial charge in [0.1, 0.15) is 5.92 Å². The fraction of sp³-hybridized carbons (Fsp3) is 0.714. The van der Waals surface area contributed by atoms with Crippen LogP contribution in [-0.2, 0) is 9.59 Å². The first-order valence-corrected chi connectivity index (χ1v) is 4.49. The highest BCUT2D eigenvalue weighted by Gasteiger charge is 2.37. The van der Waals surface area contributed by atoms with E-state index in [0.29, 0.717) is 6.42 Å². The van der Waals surface area contributed by atoms with Crippen LogP contribution in [0.4, 0.5) is 0 Å². The predicted octanol–water partition coefficient (Wildman–Crippen LogP) is -1.17. The lowest BCUT2D eigenvalue weighted by Gasteiger charge is -2.29. The number of rotatable bonds is 4. The summed E-state index contributed by atoms with van der Waals surface area (Å²) in [7, 11) is 0. The Bertz CT molecular complexity index is 228. The summed E-state index contributed by atoms with van der Waals surface area (Å²) in [5.74, 6) is -2.79. The number of nitrogens with two attached hydrogens (primary N) is 1. The molecule has 1 fully saturated rings. The molecule has 0 aliphatic carbocycles. The number of carboxylic acid groups (broad SMARTS) is 1. The van der Waals surface area contributed by atoms with Gasteiger partial charge in [0.25, 0.3) is 0 Å². The van der Waals surface area contributed by atoms with Gasteiger partial charge in [0.2, 0.25) is 0 Å². The second kappa shape index (κ2) is 4.08. The van der Waals surface area contributed by atoms with Gasteiger partial charge in [-0.3, -0.25) is 9.59 Å². The molecule has 0 aromatic heterocycles. The second-order valence-corrected chi connectivity index (χ2v) is 3.60. The summed E-state index contributed by atoms with van der Waals surface area (Å²) in [6.07, 6.45) is 0.684. The molecule has 0 aromatic carbocycles. The number of carboxylic acids is 1. The van der Waals surface area contributed by atoms with Crippen LogP contribution in [0, 0.1) is 5.92 Å². The first kappa shape index (κ1) is 10.5. The number of hydrogen-bond acceptors (Lipinski definition) is 5. The number of ketones is 1. The standard InChI is InChI=1S/C7H12N2O3S/c8-6(13)4(7(11)12)5(10)3-1-2-9-3/h3-4,6,9,13H,1-2,8H2,(H,11,12). The van der Waals surface area contributed by atoms with Crippen LogP contribution in [0.2, 0.25) is 0 Å². The van der Waals surface area contributed by atoms with E-state index in [1.807, 2.05) is 0 Å². The third-order valence-corrected chi connectivity index (χ3v) is 2.38. The van der Waals surface area contributed by atoms with Crippen molar-refractivity contribution >= 4 is 24.4 Å². The summed E-state index contributed by atoms with van der Waals surface area (Å²) < 4.78 is 0. The fourth-order valence-corrected chi connectivity index (χ4v) is 1.46. The topological polar surface area (TPSA) is 92.4 Å². The Morgan fingerprint density at radius 3 is 2.38 bits per heavy atom. The normalized spacial score (nSPS) is 25.8. The van der Waals surface area contributed by atoms with E-state index in [9.17, 15) is 9.59 Å². The molecule has 1 aliphatic heterocycles. The number of Topliss-reactive ketones (excluding diaryl/α,β-unsaturated/α-hetero) is 1. The molecule has 5 nitrogen and oxygen atoms in total. The van der Waals surface area contributed by atoms with Crippen molar-refractivity contribution in [1.29, 1.82) is 0 Å². The van der Waals surface area contributed by atoms with Crippen molar-refractivity contribution in [3.63, 3.8) is 0 Å². The van der Waals surface area contributed by atoms with Crippen molar-refractivity contribution < 1.29 is 14.7 Å². The Morgan fingerprint density at radius 2 is 2.15 bits per heavy atom. The van der Waals surface area contributed by atoms with Gasteiger partial charge < -0.3 is 16.2 Å². The van der Waals surface area contributed by atoms with E-state index in [1.54, 1.807) is 0 Å². The molecule has 0 spiro atoms. The molecule has 3 atom stereocenters. The molecular weight excluding hydrogens is 192 g/mol. The Labute approximate surface area is 81.1 Å². The maximum atomic E-state index is 11.4. The van der Waals surface area contributed by atoms with Crippen LogP contribution in [0.1, 0.15) is 6.42 Å². The zero-order valence-corrected chi connectivity index (χ0v) is 7.83. The summed E-state index contributed by atoms with van der Waals surface area (Å²) in [5, 5.41) is 10.6. The summed E-state index contributed by atoms with van der Waals surface area (Å²) in [5.41, 5.74) is 5.29. The lowest BCUT2D eigenvalue weighted by molar-refractivity contribution is -0.147. The number of carbonyl (C=O) groups excluding carboxylic acids is 1. The smallest absolute Gasteiger partial charge is 0.316 e. The molecule has 0 saturated carbocycles. The Hall–Kier alpha value is -0.590. The summed E-state index contributed by atoms with van der Waals surface area (Å²) in [6, 6.07) is -0.348. The monoisotopic (exact) mass is 204 g/mol. The molecular formula is C7H12N2O3S. The van der Waals surface area contributed by atoms with E-state index >= 15 is 0 Å². The summed E-state index contributed by atoms with van der Waals surface area (Å²) in [4.78, 5) is 22.1. The van der Waals surface area contributed by atoms with Crippen LogP contribution < -0.4 is 11.1 Å². The Morgan fingerprint density at radius 1 is 1.62 bits per heavy atom. The third-order valence-electron chi connectivity index (χ3n) is 2.08. The molecule has 3 unspecified atom stereocenters. The van der Waals surface area contributed by atoms with Crippen molar-refractivity contribution in [1.82, 2.24) is 5.32 Å². The highest BCUT2D eigenvalue weighted by molar-refractivity contribution is 7.81. The average Bonchev–Trinajstić information content (AvgIpc) is 1.79. The highest BCUT2D eigenvalue weighted by Crippen LogP contribution is 2.14. The van der Waals surface area contributed by atoms with E-state index in [-0.39, 0.29) is 11.8 Å². The predicted molar refractivity (Wildman–Crippen MR) is 49.5 cm³/mol. The van der Waals surface area contributed by atoms with Crippen LogP contribution in [0.25, 0.3) is 0 Å². The van der Waals surface area contributed by atoms with Crippen molar-refractivity contribution in [3.8, 4) is 0 Å². The maximum absolute atomic E-state index is 11.4. The van der Waals surface area contributed by atoms with Crippen molar-refractivity contribution in [2.45, 2.75) is 17.8 Å². The molecule has 1 rings (SSSR count). The van der Waals surface area contributed by atoms with Crippen molar-refractivity contribution in [3.05, 3.63) is 0 Å². The van der Waals surface area contributed by atoms with Gasteiger partial charge in [-0.2, -0.15) is 12.6 Å². The largest absolute Gasteiger partial charge is 0.481 e. The van der Waals surface area contributed by atoms with Gasteiger partial charge in [-0.1, -0.05) is 0 Å². The molecule has 0 amide bonds. The van der Waals surface area contributed by atoms with Crippen LogP contribution in [0.15, 0.2) is 0 Å². The summed E-state index contributed by atoms with van der Waals surface area (Å²) in [6.45, 7) is 0.755. The maximum Gasteiger partial charge on any atom is 0.316 e. The van der Waals surface area contributed by atoms with Crippen molar-refractivity contribution in [2.24, 2.45) is 11.7 Å². The molecule has 6 heteroatoms. The van der Waals surface area contributed by atoms with Gasteiger partial charge in [-0.15, -0.1) is 0 Å². The van der Waals surface area contributed by atoms with Gasteiger partial charge in [0, 0.05) is 0 Å². The Kier molecular flexibility index (Phi) is 3.29. The third kappa shape index (κ3) is 2.20. The molecule has 0 bridgehead atoms. The van der Waals surface area contributed by atoms with Crippen LogP contribution in [-0.4, -0.2) is 34.8 Å². The van der Waals surface area contributed by atoms with E-state index < -0.39 is 17.3 Å². The molecule has 0 radical (unpaired) electrons. The molecule has 13 heavy (non-hydrogen) atoms. The number of nitrogens with one attached hydrogen (secondary N) is 1. The first-order valence-electron chi connectivity index (χ1n) is 3.97. The SMILES string of the molecule is NC(S)C(C(=O)O)C(=O)C1CCN1. The second-order valence-electron chi connectivity index (χ2n) is 3.00. The highest BCUT2D eigenvalue weighted by atomic mass is 32.1. The lowest BCUT2D eigenvalue weighted by Crippen LogP contribution is -2.54. The first-order chi connectivity index (χ1) is 6.04. The van der Waals surface area contributed by atoms with Crippen LogP contribution in [0.3, 0.4) is 0 Å². The summed E-state index contributed by atoms with van der Waals surface area (Å²) >= 11 is 3.78. The van der Waals surface area contributed by atoms with E-state index in [4.69, 9.17) is 10.8 Å². The Balaban J connectivity index is 2.63. The number of aliphatic carboxylic acids is 1. The molecule has 4 N–H and O–H groups in total. The van der Waals surface area contributed by atoms with Gasteiger partial charge in [-0.05, 0) is 13.0 Å². The van der Waals surface area contributed by atoms with E-state index in [0.717, 1.165) is 6.54 Å². The molecule has 1 aliphatic rings. The van der Waals surface area contributed by atoms with Gasteiger partial charge >= 0.3 is 5.97 Å². The van der Waals surface area contributed by atoms with Crippen molar-refractivity contribution in [2.75, 3.05) is 6.54 Å². The minimum absolute atomic E-state index is 0.348. The number of hydrogen-bond donors (Lipinski definition) is 4. The minimum Gasteiger partial charge on any atom is -0.481 e. The fourth-order valence-electron chi connectivity index (χ4n) is 1.18. The molecule has 0 aromatic rings. The zero-order valence-electron chi connectivity index (χ0n) is 6.93. The molecule has 74 valence electrons. The molecule has 1 saturated heterocycles. The van der Waals surface area contributed by atoms with Crippen LogP contribution >= 0.6 is 12.6 Å². The molecule has 1 heterocycles. The number of thiol groups is 1. The lowest BCUT2D eigenvalue weighted by atomic mass is 9.92. The quantitative estimate of drug-likeness (QED) is 0.263. The average molecular weight is 204 g/mol. The van der Waals surface area contributed by atoms with Gasteiger partial charge in [0.05, 0.1) is 11.4 Å². The van der Waals surface area contributed by atoms with Crippen LogP contribution in [0.5, 0.6) is 0 Å². The zero-order chi connectivity index (χ0) is 10.0. The van der Waals surface area contributed by atoms with E-state index in [1.165, 1.54) is 0 Å².